The Balaban J connectivity index is 1.73. The zero-order valence-electron chi connectivity index (χ0n) is 19.1. The minimum atomic E-state index is -0.812. The summed E-state index contributed by atoms with van der Waals surface area (Å²) in [4.78, 5) is 31.7. The molecular formula is C25H27N5O4. The van der Waals surface area contributed by atoms with E-state index in [4.69, 9.17) is 9.84 Å². The number of aliphatic imine (C=N–C) groups is 1. The summed E-state index contributed by atoms with van der Waals surface area (Å²) in [5.74, 6) is 0.0318. The van der Waals surface area contributed by atoms with Crippen molar-refractivity contribution in [3.8, 4) is 11.5 Å². The van der Waals surface area contributed by atoms with E-state index in [2.05, 4.69) is 10.3 Å². The van der Waals surface area contributed by atoms with Gasteiger partial charge in [-0.15, -0.1) is 0 Å². The van der Waals surface area contributed by atoms with Crippen molar-refractivity contribution in [2.24, 2.45) is 16.0 Å². The standard InChI is InChI=1S/C25H27N5O4/c1-3-17-16-22(32)30(28-23(17)19-9-10-21(34-2)20(31)15-19)24(18-7-5-4-6-8-18)27-25(33)29-13-11-26-12-14-29/h4-13,15,17,24,31H,3,14,16H2,1-2H3,(H,27,33). The van der Waals surface area contributed by atoms with Gasteiger partial charge in [-0.25, -0.2) is 9.80 Å². The molecule has 0 saturated carbocycles. The van der Waals surface area contributed by atoms with Gasteiger partial charge in [-0.2, -0.15) is 5.10 Å². The molecule has 34 heavy (non-hydrogen) atoms. The second-order valence-electron chi connectivity index (χ2n) is 7.96. The lowest BCUT2D eigenvalue weighted by Gasteiger charge is -2.35. The van der Waals surface area contributed by atoms with Gasteiger partial charge >= 0.3 is 6.03 Å². The molecule has 0 radical (unpaired) electrons. The molecule has 0 aromatic heterocycles. The van der Waals surface area contributed by atoms with Crippen molar-refractivity contribution >= 4 is 23.9 Å². The minimum Gasteiger partial charge on any atom is -0.504 e. The molecule has 0 saturated heterocycles. The Morgan fingerprint density at radius 2 is 2.06 bits per heavy atom. The Morgan fingerprint density at radius 1 is 1.26 bits per heavy atom. The van der Waals surface area contributed by atoms with Crippen LogP contribution in [-0.2, 0) is 4.79 Å². The van der Waals surface area contributed by atoms with Crippen LogP contribution in [0.4, 0.5) is 4.79 Å². The highest BCUT2D eigenvalue weighted by Gasteiger charge is 2.35. The lowest BCUT2D eigenvalue weighted by molar-refractivity contribution is -0.135. The molecule has 2 heterocycles. The van der Waals surface area contributed by atoms with Crippen molar-refractivity contribution in [1.82, 2.24) is 15.2 Å². The SMILES string of the molecule is CCC1CC(=O)N(C(NC(=O)N2C=CN=CC2)c2ccccc2)N=C1c1ccc(OC)c(O)c1. The van der Waals surface area contributed by atoms with E-state index in [1.807, 2.05) is 43.3 Å². The van der Waals surface area contributed by atoms with Crippen LogP contribution in [0.25, 0.3) is 0 Å². The second kappa shape index (κ2) is 10.2. The van der Waals surface area contributed by atoms with E-state index in [0.29, 0.717) is 30.0 Å². The lowest BCUT2D eigenvalue weighted by Crippen LogP contribution is -2.49. The molecule has 9 heteroatoms. The van der Waals surface area contributed by atoms with Gasteiger partial charge in [0.15, 0.2) is 17.7 Å². The number of amides is 3. The first-order valence-electron chi connectivity index (χ1n) is 11.1. The zero-order chi connectivity index (χ0) is 24.1. The fraction of sp³-hybridized carbons (Fsp3) is 0.280. The topological polar surface area (TPSA) is 107 Å². The summed E-state index contributed by atoms with van der Waals surface area (Å²) in [7, 11) is 1.48. The number of benzene rings is 2. The maximum atomic E-state index is 13.2. The van der Waals surface area contributed by atoms with Crippen LogP contribution in [0.1, 0.15) is 37.1 Å². The summed E-state index contributed by atoms with van der Waals surface area (Å²) in [6, 6.07) is 13.9. The monoisotopic (exact) mass is 461 g/mol. The van der Waals surface area contributed by atoms with E-state index < -0.39 is 6.17 Å². The number of aromatic hydroxyl groups is 1. The molecule has 2 aliphatic rings. The van der Waals surface area contributed by atoms with Gasteiger partial charge in [0.1, 0.15) is 0 Å². The quantitative estimate of drug-likeness (QED) is 0.685. The first-order valence-corrected chi connectivity index (χ1v) is 11.1. The summed E-state index contributed by atoms with van der Waals surface area (Å²) in [5.41, 5.74) is 2.07. The zero-order valence-corrected chi connectivity index (χ0v) is 19.1. The van der Waals surface area contributed by atoms with E-state index >= 15 is 0 Å². The summed E-state index contributed by atoms with van der Waals surface area (Å²) in [5, 5.41) is 19.3. The molecule has 9 nitrogen and oxygen atoms in total. The van der Waals surface area contributed by atoms with E-state index in [0.717, 1.165) is 5.56 Å². The number of rotatable bonds is 6. The Labute approximate surface area is 198 Å². The molecular weight excluding hydrogens is 434 g/mol. The second-order valence-corrected chi connectivity index (χ2v) is 7.96. The molecule has 0 fully saturated rings. The summed E-state index contributed by atoms with van der Waals surface area (Å²) in [6.07, 6.45) is 4.86. The average molecular weight is 462 g/mol. The fourth-order valence-corrected chi connectivity index (χ4v) is 3.98. The van der Waals surface area contributed by atoms with Gasteiger partial charge < -0.3 is 15.2 Å². The number of hydrogen-bond donors (Lipinski definition) is 2. The van der Waals surface area contributed by atoms with Crippen LogP contribution in [-0.4, -0.2) is 52.5 Å². The van der Waals surface area contributed by atoms with Crippen molar-refractivity contribution in [3.05, 3.63) is 72.1 Å². The Kier molecular flexibility index (Phi) is 6.91. The average Bonchev–Trinajstić information content (AvgIpc) is 2.88. The summed E-state index contributed by atoms with van der Waals surface area (Å²) in [6.45, 7) is 2.32. The number of ether oxygens (including phenoxy) is 1. The van der Waals surface area contributed by atoms with Crippen molar-refractivity contribution in [2.45, 2.75) is 25.9 Å². The third-order valence-electron chi connectivity index (χ3n) is 5.84. The van der Waals surface area contributed by atoms with Crippen LogP contribution >= 0.6 is 0 Å². The molecule has 176 valence electrons. The number of carbonyl (C=O) groups is 2. The number of urea groups is 1. The van der Waals surface area contributed by atoms with E-state index in [1.54, 1.807) is 24.5 Å². The van der Waals surface area contributed by atoms with Gasteiger partial charge in [0.2, 0.25) is 5.91 Å². The number of carbonyl (C=O) groups excluding carboxylic acids is 2. The van der Waals surface area contributed by atoms with Gasteiger partial charge in [0.25, 0.3) is 0 Å². The highest BCUT2D eigenvalue weighted by Crippen LogP contribution is 2.32. The molecule has 2 aromatic carbocycles. The predicted octanol–water partition coefficient (Wildman–Crippen LogP) is 3.63. The maximum Gasteiger partial charge on any atom is 0.323 e. The number of phenols is 1. The molecule has 2 aliphatic heterocycles. The molecule has 4 rings (SSSR count). The molecule has 2 aromatic rings. The summed E-state index contributed by atoms with van der Waals surface area (Å²) < 4.78 is 5.15. The Bertz CT molecular complexity index is 1150. The van der Waals surface area contributed by atoms with Gasteiger partial charge in [0.05, 0.1) is 19.4 Å². The predicted molar refractivity (Wildman–Crippen MR) is 128 cm³/mol. The highest BCUT2D eigenvalue weighted by molar-refractivity contribution is 6.06. The number of hydrogen-bond acceptors (Lipinski definition) is 6. The normalized spacial score (nSPS) is 18.5. The van der Waals surface area contributed by atoms with Crippen LogP contribution in [0.2, 0.25) is 0 Å². The minimum absolute atomic E-state index is 0.00698. The van der Waals surface area contributed by atoms with E-state index in [1.165, 1.54) is 23.2 Å². The van der Waals surface area contributed by atoms with E-state index in [-0.39, 0.29) is 30.0 Å². The molecule has 2 unspecified atom stereocenters. The molecule has 0 bridgehead atoms. The first kappa shape index (κ1) is 23.0. The number of hydrazone groups is 1. The number of nitrogens with zero attached hydrogens (tertiary/aromatic N) is 4. The van der Waals surface area contributed by atoms with Gasteiger partial charge in [-0.1, -0.05) is 37.3 Å². The maximum absolute atomic E-state index is 13.2. The van der Waals surface area contributed by atoms with Crippen molar-refractivity contribution in [2.75, 3.05) is 13.7 Å². The van der Waals surface area contributed by atoms with Crippen LogP contribution in [0.3, 0.4) is 0 Å². The third kappa shape index (κ3) is 4.78. The third-order valence-corrected chi connectivity index (χ3v) is 5.84. The number of methoxy groups -OCH3 is 1. The Hall–Kier alpha value is -4.14. The van der Waals surface area contributed by atoms with Gasteiger partial charge in [0, 0.05) is 36.5 Å². The van der Waals surface area contributed by atoms with Crippen LogP contribution < -0.4 is 10.1 Å². The van der Waals surface area contributed by atoms with Crippen molar-refractivity contribution < 1.29 is 19.4 Å². The number of nitrogens with one attached hydrogen (secondary N) is 1. The van der Waals surface area contributed by atoms with Crippen LogP contribution in [0, 0.1) is 5.92 Å². The van der Waals surface area contributed by atoms with Gasteiger partial charge in [-0.05, 0) is 30.2 Å². The lowest BCUT2D eigenvalue weighted by atomic mass is 9.89. The highest BCUT2D eigenvalue weighted by atomic mass is 16.5. The smallest absolute Gasteiger partial charge is 0.323 e. The number of phenolic OH excluding ortho intramolecular Hbond substituents is 1. The molecule has 0 aliphatic carbocycles. The fourth-order valence-electron chi connectivity index (χ4n) is 3.98. The van der Waals surface area contributed by atoms with Crippen LogP contribution in [0.15, 0.2) is 71.0 Å². The summed E-state index contributed by atoms with van der Waals surface area (Å²) >= 11 is 0. The van der Waals surface area contributed by atoms with Crippen LogP contribution in [0.5, 0.6) is 11.5 Å². The van der Waals surface area contributed by atoms with Crippen molar-refractivity contribution in [1.29, 1.82) is 0 Å². The van der Waals surface area contributed by atoms with E-state index in [9.17, 15) is 14.7 Å². The molecule has 3 amide bonds. The van der Waals surface area contributed by atoms with Crippen molar-refractivity contribution in [3.63, 3.8) is 0 Å². The molecule has 2 atom stereocenters. The Morgan fingerprint density at radius 3 is 2.71 bits per heavy atom. The largest absolute Gasteiger partial charge is 0.504 e. The molecule has 0 spiro atoms. The molecule has 2 N–H and O–H groups in total. The van der Waals surface area contributed by atoms with Gasteiger partial charge in [-0.3, -0.25) is 14.7 Å². The first-order chi connectivity index (χ1) is 16.5.